The molecule has 0 radical (unpaired) electrons. The maximum Gasteiger partial charge on any atom is 0.410 e. The fourth-order valence-electron chi connectivity index (χ4n) is 2.20. The highest BCUT2D eigenvalue weighted by Gasteiger charge is 2.23. The van der Waals surface area contributed by atoms with Crippen LogP contribution in [0.15, 0.2) is 17.8 Å². The van der Waals surface area contributed by atoms with Gasteiger partial charge in [-0.1, -0.05) is 11.6 Å². The fraction of sp³-hybridized carbons (Fsp3) is 0.625. The SMILES string of the molecule is Cc1ncc(CNCC2=CCN(C(=O)OC(C)(C)C)CC2)s1. The van der Waals surface area contributed by atoms with Crippen molar-refractivity contribution in [1.82, 2.24) is 15.2 Å². The van der Waals surface area contributed by atoms with Crippen molar-refractivity contribution in [3.05, 3.63) is 27.7 Å². The van der Waals surface area contributed by atoms with Crippen molar-refractivity contribution in [1.29, 1.82) is 0 Å². The van der Waals surface area contributed by atoms with Gasteiger partial charge < -0.3 is 15.0 Å². The zero-order valence-corrected chi connectivity index (χ0v) is 14.6. The van der Waals surface area contributed by atoms with E-state index >= 15 is 0 Å². The summed E-state index contributed by atoms with van der Waals surface area (Å²) in [5, 5.41) is 4.53. The summed E-state index contributed by atoms with van der Waals surface area (Å²) in [6, 6.07) is 0. The van der Waals surface area contributed by atoms with Crippen LogP contribution in [-0.4, -0.2) is 41.2 Å². The molecule has 0 saturated carbocycles. The van der Waals surface area contributed by atoms with E-state index in [0.717, 1.165) is 31.1 Å². The van der Waals surface area contributed by atoms with Gasteiger partial charge in [-0.2, -0.15) is 0 Å². The second kappa shape index (κ2) is 7.24. The molecule has 5 nitrogen and oxygen atoms in total. The molecule has 0 unspecified atom stereocenters. The van der Waals surface area contributed by atoms with Crippen LogP contribution in [0.3, 0.4) is 0 Å². The summed E-state index contributed by atoms with van der Waals surface area (Å²) in [7, 11) is 0. The molecule has 0 atom stereocenters. The summed E-state index contributed by atoms with van der Waals surface area (Å²) >= 11 is 1.72. The van der Waals surface area contributed by atoms with Crippen molar-refractivity contribution in [3.8, 4) is 0 Å². The second-order valence-corrected chi connectivity index (χ2v) is 7.81. The molecule has 6 heteroatoms. The van der Waals surface area contributed by atoms with Gasteiger partial charge in [-0.05, 0) is 34.1 Å². The molecule has 1 aliphatic heterocycles. The summed E-state index contributed by atoms with van der Waals surface area (Å²) in [5.74, 6) is 0. The van der Waals surface area contributed by atoms with E-state index in [0.29, 0.717) is 6.54 Å². The van der Waals surface area contributed by atoms with Crippen molar-refractivity contribution >= 4 is 17.4 Å². The predicted molar refractivity (Wildman–Crippen MR) is 89.1 cm³/mol. The second-order valence-electron chi connectivity index (χ2n) is 6.49. The van der Waals surface area contributed by atoms with Gasteiger partial charge in [0.2, 0.25) is 0 Å². The molecule has 1 amide bonds. The van der Waals surface area contributed by atoms with Gasteiger partial charge in [-0.3, -0.25) is 0 Å². The Hall–Kier alpha value is -1.40. The molecular weight excluding hydrogens is 298 g/mol. The van der Waals surface area contributed by atoms with Crippen LogP contribution < -0.4 is 5.32 Å². The minimum absolute atomic E-state index is 0.226. The Labute approximate surface area is 136 Å². The first-order chi connectivity index (χ1) is 10.3. The van der Waals surface area contributed by atoms with Gasteiger partial charge in [0, 0.05) is 37.3 Å². The summed E-state index contributed by atoms with van der Waals surface area (Å²) in [6.07, 6.45) is 4.72. The molecule has 0 aliphatic carbocycles. The molecule has 1 aromatic heterocycles. The number of aromatic nitrogens is 1. The molecule has 0 bridgehead atoms. The van der Waals surface area contributed by atoms with Crippen molar-refractivity contribution in [2.24, 2.45) is 0 Å². The Kier molecular flexibility index (Phi) is 5.58. The van der Waals surface area contributed by atoms with Crippen LogP contribution >= 0.6 is 11.3 Å². The summed E-state index contributed by atoms with van der Waals surface area (Å²) in [6.45, 7) is 10.7. The number of nitrogens with one attached hydrogen (secondary N) is 1. The summed E-state index contributed by atoms with van der Waals surface area (Å²) in [4.78, 5) is 19.2. The van der Waals surface area contributed by atoms with Crippen LogP contribution in [0.2, 0.25) is 0 Å². The minimum Gasteiger partial charge on any atom is -0.444 e. The van der Waals surface area contributed by atoms with Crippen LogP contribution in [-0.2, 0) is 11.3 Å². The van der Waals surface area contributed by atoms with Gasteiger partial charge in [-0.25, -0.2) is 9.78 Å². The normalized spacial score (nSPS) is 15.6. The van der Waals surface area contributed by atoms with E-state index in [9.17, 15) is 4.79 Å². The molecule has 0 spiro atoms. The van der Waals surface area contributed by atoms with Gasteiger partial charge in [0.05, 0.1) is 5.01 Å². The fourth-order valence-corrected chi connectivity index (χ4v) is 2.96. The molecule has 1 aromatic rings. The molecule has 1 N–H and O–H groups in total. The van der Waals surface area contributed by atoms with Crippen LogP contribution in [0, 0.1) is 6.92 Å². The van der Waals surface area contributed by atoms with Crippen LogP contribution in [0.5, 0.6) is 0 Å². The number of rotatable bonds is 4. The van der Waals surface area contributed by atoms with E-state index in [1.54, 1.807) is 16.2 Å². The first kappa shape index (κ1) is 17.0. The maximum absolute atomic E-state index is 12.0. The molecule has 0 aromatic carbocycles. The maximum atomic E-state index is 12.0. The summed E-state index contributed by atoms with van der Waals surface area (Å²) in [5.41, 5.74) is 0.913. The Morgan fingerprint density at radius 3 is 2.77 bits per heavy atom. The zero-order chi connectivity index (χ0) is 16.2. The Morgan fingerprint density at radius 2 is 2.23 bits per heavy atom. The lowest BCUT2D eigenvalue weighted by atomic mass is 10.1. The predicted octanol–water partition coefficient (Wildman–Crippen LogP) is 3.11. The Bertz CT molecular complexity index is 546. The highest BCUT2D eigenvalue weighted by molar-refractivity contribution is 7.11. The van der Waals surface area contributed by atoms with E-state index in [2.05, 4.69) is 16.4 Å². The molecule has 2 rings (SSSR count). The van der Waals surface area contributed by atoms with Crippen molar-refractivity contribution in [2.75, 3.05) is 19.6 Å². The first-order valence-corrected chi connectivity index (χ1v) is 8.43. The number of nitrogens with zero attached hydrogens (tertiary/aromatic N) is 2. The van der Waals surface area contributed by atoms with Gasteiger partial charge in [0.25, 0.3) is 0 Å². The van der Waals surface area contributed by atoms with Gasteiger partial charge >= 0.3 is 6.09 Å². The van der Waals surface area contributed by atoms with Gasteiger partial charge in [0.1, 0.15) is 5.60 Å². The van der Waals surface area contributed by atoms with Gasteiger partial charge in [-0.15, -0.1) is 11.3 Å². The topological polar surface area (TPSA) is 54.5 Å². The largest absolute Gasteiger partial charge is 0.444 e. The van der Waals surface area contributed by atoms with Gasteiger partial charge in [0.15, 0.2) is 0 Å². The molecular formula is C16H25N3O2S. The highest BCUT2D eigenvalue weighted by atomic mass is 32.1. The van der Waals surface area contributed by atoms with Crippen LogP contribution in [0.1, 0.15) is 37.1 Å². The summed E-state index contributed by atoms with van der Waals surface area (Å²) < 4.78 is 5.39. The Balaban J connectivity index is 1.73. The average molecular weight is 323 g/mol. The number of ether oxygens (including phenoxy) is 1. The average Bonchev–Trinajstić information content (AvgIpc) is 2.83. The quantitative estimate of drug-likeness (QED) is 0.865. The number of hydrogen-bond acceptors (Lipinski definition) is 5. The lowest BCUT2D eigenvalue weighted by molar-refractivity contribution is 0.0265. The third-order valence-electron chi connectivity index (χ3n) is 3.28. The lowest BCUT2D eigenvalue weighted by Crippen LogP contribution is -2.39. The number of carbonyl (C=O) groups excluding carboxylic acids is 1. The number of hydrogen-bond donors (Lipinski definition) is 1. The highest BCUT2D eigenvalue weighted by Crippen LogP contribution is 2.15. The van der Waals surface area contributed by atoms with Crippen LogP contribution in [0.25, 0.3) is 0 Å². The van der Waals surface area contributed by atoms with Crippen LogP contribution in [0.4, 0.5) is 4.79 Å². The standard InChI is InChI=1S/C16H25N3O2S/c1-12-18-11-14(22-12)10-17-9-13-5-7-19(8-6-13)15(20)21-16(2,3)4/h5,11,17H,6-10H2,1-4H3. The van der Waals surface area contributed by atoms with E-state index < -0.39 is 5.60 Å². The Morgan fingerprint density at radius 1 is 1.45 bits per heavy atom. The van der Waals surface area contributed by atoms with Crippen molar-refractivity contribution in [3.63, 3.8) is 0 Å². The van der Waals surface area contributed by atoms with E-state index in [1.165, 1.54) is 10.5 Å². The molecule has 1 aliphatic rings. The molecule has 122 valence electrons. The molecule has 22 heavy (non-hydrogen) atoms. The minimum atomic E-state index is -0.435. The van der Waals surface area contributed by atoms with E-state index in [4.69, 9.17) is 4.74 Å². The monoisotopic (exact) mass is 323 g/mol. The first-order valence-electron chi connectivity index (χ1n) is 7.61. The molecule has 2 heterocycles. The zero-order valence-electron chi connectivity index (χ0n) is 13.8. The molecule has 0 fully saturated rings. The van der Waals surface area contributed by atoms with E-state index in [-0.39, 0.29) is 6.09 Å². The molecule has 0 saturated heterocycles. The van der Waals surface area contributed by atoms with E-state index in [1.807, 2.05) is 33.9 Å². The number of aryl methyl sites for hydroxylation is 1. The van der Waals surface area contributed by atoms with Crippen molar-refractivity contribution in [2.45, 2.75) is 46.3 Å². The number of carbonyl (C=O) groups is 1. The van der Waals surface area contributed by atoms with Crippen molar-refractivity contribution < 1.29 is 9.53 Å². The lowest BCUT2D eigenvalue weighted by Gasteiger charge is -2.29. The third-order valence-corrected chi connectivity index (χ3v) is 4.19. The number of thiazole rings is 1. The third kappa shape index (κ3) is 5.42. The smallest absolute Gasteiger partial charge is 0.410 e. The number of amides is 1.